The largest absolute Gasteiger partial charge is 0.399 e. The number of nitrogen functional groups attached to an aromatic ring is 1. The number of carbonyl (C=O) groups excluding carboxylic acids is 1. The van der Waals surface area contributed by atoms with E-state index in [0.717, 1.165) is 31.1 Å². The zero-order chi connectivity index (χ0) is 13.4. The van der Waals surface area contributed by atoms with Crippen LogP contribution in [0.1, 0.15) is 35.2 Å². The lowest BCUT2D eigenvalue weighted by atomic mass is 10.1. The summed E-state index contributed by atoms with van der Waals surface area (Å²) in [4.78, 5) is 14.8. The zero-order valence-corrected chi connectivity index (χ0v) is 13.8. The minimum atomic E-state index is 0. The monoisotopic (exact) mass is 331 g/mol. The molecule has 2 fully saturated rings. The lowest BCUT2D eigenvalue weighted by molar-refractivity contribution is 0.0937. The molecule has 3 rings (SSSR count). The SMILES string of the molecule is Cc1ccc(N)cc1C(=O)NC1CCN(C2CC2)C1.Cl.Cl. The number of aryl methyl sites for hydroxylation is 1. The van der Waals surface area contributed by atoms with Crippen LogP contribution in [0.15, 0.2) is 18.2 Å². The number of rotatable bonds is 3. The second-order valence-electron chi connectivity index (χ2n) is 5.76. The van der Waals surface area contributed by atoms with E-state index in [9.17, 15) is 4.79 Å². The number of hydrogen-bond donors (Lipinski definition) is 2. The van der Waals surface area contributed by atoms with Gasteiger partial charge in [-0.05, 0) is 43.9 Å². The van der Waals surface area contributed by atoms with Gasteiger partial charge in [0.25, 0.3) is 5.91 Å². The van der Waals surface area contributed by atoms with Crippen molar-refractivity contribution in [2.24, 2.45) is 0 Å². The highest BCUT2D eigenvalue weighted by Gasteiger charge is 2.34. The Labute approximate surface area is 138 Å². The summed E-state index contributed by atoms with van der Waals surface area (Å²) in [6.45, 7) is 4.06. The highest BCUT2D eigenvalue weighted by Crippen LogP contribution is 2.29. The molecule has 4 nitrogen and oxygen atoms in total. The quantitative estimate of drug-likeness (QED) is 0.836. The molecule has 2 aliphatic rings. The molecule has 1 saturated carbocycles. The van der Waals surface area contributed by atoms with Gasteiger partial charge in [-0.15, -0.1) is 24.8 Å². The van der Waals surface area contributed by atoms with Crippen molar-refractivity contribution in [3.05, 3.63) is 29.3 Å². The number of benzene rings is 1. The third-order valence-corrected chi connectivity index (χ3v) is 4.12. The lowest BCUT2D eigenvalue weighted by Crippen LogP contribution is -2.37. The smallest absolute Gasteiger partial charge is 0.251 e. The van der Waals surface area contributed by atoms with E-state index in [2.05, 4.69) is 10.2 Å². The first-order chi connectivity index (χ1) is 9.13. The van der Waals surface area contributed by atoms with Gasteiger partial charge in [0.1, 0.15) is 0 Å². The van der Waals surface area contributed by atoms with Gasteiger partial charge in [-0.25, -0.2) is 0 Å². The van der Waals surface area contributed by atoms with Crippen LogP contribution >= 0.6 is 24.8 Å². The third-order valence-electron chi connectivity index (χ3n) is 4.12. The molecule has 1 aliphatic heterocycles. The van der Waals surface area contributed by atoms with Gasteiger partial charge in [0.2, 0.25) is 0 Å². The summed E-state index contributed by atoms with van der Waals surface area (Å²) in [6, 6.07) is 6.56. The number of likely N-dealkylation sites (tertiary alicyclic amines) is 1. The summed E-state index contributed by atoms with van der Waals surface area (Å²) < 4.78 is 0. The van der Waals surface area contributed by atoms with Crippen LogP contribution in [0, 0.1) is 6.92 Å². The Kier molecular flexibility index (Phi) is 6.32. The maximum absolute atomic E-state index is 12.3. The van der Waals surface area contributed by atoms with E-state index in [1.807, 2.05) is 19.1 Å². The normalized spacial score (nSPS) is 21.3. The van der Waals surface area contributed by atoms with Crippen molar-refractivity contribution in [3.8, 4) is 0 Å². The lowest BCUT2D eigenvalue weighted by Gasteiger charge is -2.16. The molecule has 1 heterocycles. The van der Waals surface area contributed by atoms with Crippen molar-refractivity contribution in [1.82, 2.24) is 10.2 Å². The Morgan fingerprint density at radius 2 is 2.00 bits per heavy atom. The predicted molar refractivity (Wildman–Crippen MR) is 90.6 cm³/mol. The first kappa shape index (κ1) is 18.1. The average molecular weight is 332 g/mol. The molecule has 0 radical (unpaired) electrons. The van der Waals surface area contributed by atoms with Gasteiger partial charge in [-0.2, -0.15) is 0 Å². The Bertz CT molecular complexity index is 506. The molecular formula is C15H23Cl2N3O. The highest BCUT2D eigenvalue weighted by atomic mass is 35.5. The number of nitrogens with zero attached hydrogens (tertiary/aromatic N) is 1. The summed E-state index contributed by atoms with van der Waals surface area (Å²) in [7, 11) is 0. The van der Waals surface area contributed by atoms with Crippen LogP contribution in [0.3, 0.4) is 0 Å². The number of carbonyl (C=O) groups is 1. The van der Waals surface area contributed by atoms with Crippen LogP contribution in [0.25, 0.3) is 0 Å². The molecule has 3 N–H and O–H groups in total. The molecule has 6 heteroatoms. The molecule has 0 spiro atoms. The Hall–Kier alpha value is -0.970. The zero-order valence-electron chi connectivity index (χ0n) is 12.2. The second kappa shape index (κ2) is 7.34. The fraction of sp³-hybridized carbons (Fsp3) is 0.533. The molecule has 1 saturated heterocycles. The minimum absolute atomic E-state index is 0. The van der Waals surface area contributed by atoms with Crippen molar-refractivity contribution in [1.29, 1.82) is 0 Å². The minimum Gasteiger partial charge on any atom is -0.399 e. The molecule has 1 atom stereocenters. The molecule has 118 valence electrons. The number of anilines is 1. The van der Waals surface area contributed by atoms with E-state index >= 15 is 0 Å². The number of amides is 1. The standard InChI is InChI=1S/C15H21N3O.2ClH/c1-10-2-3-11(16)8-14(10)15(19)17-12-6-7-18(9-12)13-4-5-13;;/h2-3,8,12-13H,4-7,9,16H2,1H3,(H,17,19);2*1H. The summed E-state index contributed by atoms with van der Waals surface area (Å²) in [6.07, 6.45) is 3.72. The molecule has 1 aromatic rings. The summed E-state index contributed by atoms with van der Waals surface area (Å²) in [5, 5.41) is 3.14. The van der Waals surface area contributed by atoms with E-state index in [1.54, 1.807) is 6.07 Å². The number of nitrogens with two attached hydrogens (primary N) is 1. The maximum atomic E-state index is 12.3. The number of halogens is 2. The van der Waals surface area contributed by atoms with Crippen molar-refractivity contribution in [2.75, 3.05) is 18.8 Å². The van der Waals surface area contributed by atoms with E-state index in [1.165, 1.54) is 12.8 Å². The van der Waals surface area contributed by atoms with E-state index in [-0.39, 0.29) is 36.8 Å². The Morgan fingerprint density at radius 1 is 1.29 bits per heavy atom. The Morgan fingerprint density at radius 3 is 2.67 bits per heavy atom. The fourth-order valence-electron chi connectivity index (χ4n) is 2.82. The van der Waals surface area contributed by atoms with Gasteiger partial charge >= 0.3 is 0 Å². The average Bonchev–Trinajstić information content (AvgIpc) is 3.13. The van der Waals surface area contributed by atoms with Gasteiger partial charge in [-0.3, -0.25) is 9.69 Å². The molecule has 1 aromatic carbocycles. The third kappa shape index (κ3) is 4.25. The van der Waals surface area contributed by atoms with Crippen LogP contribution in [0.4, 0.5) is 5.69 Å². The Balaban J connectivity index is 0.00000110. The first-order valence-corrected chi connectivity index (χ1v) is 7.04. The molecule has 0 aromatic heterocycles. The molecule has 21 heavy (non-hydrogen) atoms. The van der Waals surface area contributed by atoms with Crippen LogP contribution in [-0.4, -0.2) is 36.0 Å². The van der Waals surface area contributed by atoms with Gasteiger partial charge in [0, 0.05) is 36.4 Å². The second-order valence-corrected chi connectivity index (χ2v) is 5.76. The number of hydrogen-bond acceptors (Lipinski definition) is 3. The number of nitrogens with one attached hydrogen (secondary N) is 1. The highest BCUT2D eigenvalue weighted by molar-refractivity contribution is 5.96. The molecular weight excluding hydrogens is 309 g/mol. The first-order valence-electron chi connectivity index (χ1n) is 7.04. The molecule has 1 aliphatic carbocycles. The summed E-state index contributed by atoms with van der Waals surface area (Å²) >= 11 is 0. The van der Waals surface area contributed by atoms with E-state index < -0.39 is 0 Å². The summed E-state index contributed by atoms with van der Waals surface area (Å²) in [5.74, 6) is 0.00690. The van der Waals surface area contributed by atoms with Crippen LogP contribution in [0.5, 0.6) is 0 Å². The van der Waals surface area contributed by atoms with Crippen LogP contribution in [0.2, 0.25) is 0 Å². The van der Waals surface area contributed by atoms with Crippen molar-refractivity contribution in [2.45, 2.75) is 38.3 Å². The van der Waals surface area contributed by atoms with Crippen LogP contribution in [-0.2, 0) is 0 Å². The predicted octanol–water partition coefficient (Wildman–Crippen LogP) is 2.39. The maximum Gasteiger partial charge on any atom is 0.251 e. The van der Waals surface area contributed by atoms with Crippen molar-refractivity contribution >= 4 is 36.4 Å². The van der Waals surface area contributed by atoms with E-state index in [0.29, 0.717) is 11.3 Å². The van der Waals surface area contributed by atoms with Crippen molar-refractivity contribution < 1.29 is 4.79 Å². The summed E-state index contributed by atoms with van der Waals surface area (Å²) in [5.41, 5.74) is 8.07. The fourth-order valence-corrected chi connectivity index (χ4v) is 2.82. The van der Waals surface area contributed by atoms with Gasteiger partial charge < -0.3 is 11.1 Å². The van der Waals surface area contributed by atoms with Gasteiger partial charge in [0.15, 0.2) is 0 Å². The van der Waals surface area contributed by atoms with Crippen molar-refractivity contribution in [3.63, 3.8) is 0 Å². The van der Waals surface area contributed by atoms with Gasteiger partial charge in [-0.1, -0.05) is 6.07 Å². The molecule has 1 amide bonds. The van der Waals surface area contributed by atoms with E-state index in [4.69, 9.17) is 5.73 Å². The molecule has 1 unspecified atom stereocenters. The van der Waals surface area contributed by atoms with Gasteiger partial charge in [0.05, 0.1) is 0 Å². The topological polar surface area (TPSA) is 58.4 Å². The van der Waals surface area contributed by atoms with Crippen LogP contribution < -0.4 is 11.1 Å². The molecule has 0 bridgehead atoms.